The first-order valence-electron chi connectivity index (χ1n) is 7.04. The van der Waals surface area contributed by atoms with E-state index in [2.05, 4.69) is 24.1 Å². The van der Waals surface area contributed by atoms with Crippen LogP contribution in [0.5, 0.6) is 0 Å². The molecular weight excluding hydrogens is 258 g/mol. The van der Waals surface area contributed by atoms with Gasteiger partial charge in [-0.15, -0.1) is 11.3 Å². The summed E-state index contributed by atoms with van der Waals surface area (Å²) in [5, 5.41) is 3.91. The number of hydrogen-bond donors (Lipinski definition) is 2. The molecule has 0 bridgehead atoms. The molecule has 19 heavy (non-hydrogen) atoms. The molecule has 1 aromatic rings. The minimum atomic E-state index is -0.678. The summed E-state index contributed by atoms with van der Waals surface area (Å²) in [6.45, 7) is 4.77. The lowest BCUT2D eigenvalue weighted by atomic mass is 9.76. The lowest BCUT2D eigenvalue weighted by Gasteiger charge is -2.35. The van der Waals surface area contributed by atoms with Crippen LogP contribution in [0.3, 0.4) is 0 Å². The van der Waals surface area contributed by atoms with Crippen molar-refractivity contribution in [3.63, 3.8) is 0 Å². The highest BCUT2D eigenvalue weighted by molar-refractivity contribution is 7.11. The van der Waals surface area contributed by atoms with Crippen LogP contribution in [0.1, 0.15) is 49.4 Å². The van der Waals surface area contributed by atoms with Crippen molar-refractivity contribution in [2.24, 2.45) is 11.7 Å². The summed E-state index contributed by atoms with van der Waals surface area (Å²) in [5.74, 6) is 0.517. The highest BCUT2D eigenvalue weighted by Gasteiger charge is 2.37. The van der Waals surface area contributed by atoms with Gasteiger partial charge < -0.3 is 11.1 Å². The normalized spacial score (nSPS) is 27.2. The fraction of sp³-hybridized carbons (Fsp3) is 0.714. The van der Waals surface area contributed by atoms with Gasteiger partial charge in [0, 0.05) is 11.1 Å². The smallest absolute Gasteiger partial charge is 0.240 e. The summed E-state index contributed by atoms with van der Waals surface area (Å²) in [6, 6.07) is 0. The Balaban J connectivity index is 1.89. The summed E-state index contributed by atoms with van der Waals surface area (Å²) in [5.41, 5.74) is 5.58. The van der Waals surface area contributed by atoms with E-state index >= 15 is 0 Å². The highest BCUT2D eigenvalue weighted by atomic mass is 32.1. The van der Waals surface area contributed by atoms with Crippen LogP contribution in [0.15, 0.2) is 6.20 Å². The molecule has 2 atom stereocenters. The number of aromatic nitrogens is 1. The van der Waals surface area contributed by atoms with Crippen molar-refractivity contribution in [1.29, 1.82) is 0 Å². The molecule has 1 heterocycles. The Morgan fingerprint density at radius 3 is 3.11 bits per heavy atom. The van der Waals surface area contributed by atoms with Crippen LogP contribution in [0.2, 0.25) is 0 Å². The first-order chi connectivity index (χ1) is 9.03. The third kappa shape index (κ3) is 3.54. The molecule has 1 aliphatic rings. The van der Waals surface area contributed by atoms with Gasteiger partial charge in [0.1, 0.15) is 5.01 Å². The molecule has 1 saturated carbocycles. The van der Waals surface area contributed by atoms with Crippen LogP contribution in [0, 0.1) is 5.92 Å². The van der Waals surface area contributed by atoms with Crippen molar-refractivity contribution in [2.75, 3.05) is 0 Å². The van der Waals surface area contributed by atoms with E-state index in [1.165, 1.54) is 11.3 Å². The monoisotopic (exact) mass is 281 g/mol. The second-order valence-electron chi connectivity index (χ2n) is 5.61. The van der Waals surface area contributed by atoms with Crippen molar-refractivity contribution in [1.82, 2.24) is 10.3 Å². The lowest BCUT2D eigenvalue weighted by Crippen LogP contribution is -2.56. The van der Waals surface area contributed by atoms with E-state index in [1.54, 1.807) is 11.3 Å². The van der Waals surface area contributed by atoms with Crippen molar-refractivity contribution in [3.05, 3.63) is 16.1 Å². The first-order valence-corrected chi connectivity index (χ1v) is 7.86. The number of nitrogens with one attached hydrogen (secondary N) is 1. The number of carbonyl (C=O) groups excluding carboxylic acids is 1. The minimum Gasteiger partial charge on any atom is -0.348 e. The number of hydrogen-bond acceptors (Lipinski definition) is 4. The van der Waals surface area contributed by atoms with Crippen LogP contribution in [-0.4, -0.2) is 16.4 Å². The van der Waals surface area contributed by atoms with Gasteiger partial charge >= 0.3 is 0 Å². The summed E-state index contributed by atoms with van der Waals surface area (Å²) in [7, 11) is 0. The van der Waals surface area contributed by atoms with E-state index in [4.69, 9.17) is 5.73 Å². The predicted molar refractivity (Wildman–Crippen MR) is 77.9 cm³/mol. The molecule has 0 aliphatic heterocycles. The molecule has 0 aromatic carbocycles. The topological polar surface area (TPSA) is 68.0 Å². The zero-order chi connectivity index (χ0) is 13.9. The Kier molecular flexibility index (Phi) is 4.58. The standard InChI is InChI=1S/C14H23N3OS/c1-3-11-8-16-12(19-11)9-17-13(18)14(15)6-4-5-10(2)7-14/h8,10H,3-7,9,15H2,1-2H3,(H,17,18). The third-order valence-corrected chi connectivity index (χ3v) is 4.98. The Morgan fingerprint density at radius 2 is 2.47 bits per heavy atom. The minimum absolute atomic E-state index is 0.0210. The molecule has 1 amide bonds. The van der Waals surface area contributed by atoms with Gasteiger partial charge in [0.05, 0.1) is 12.1 Å². The number of carbonyl (C=O) groups is 1. The molecule has 0 spiro atoms. The molecule has 106 valence electrons. The zero-order valence-corrected chi connectivity index (χ0v) is 12.6. The summed E-state index contributed by atoms with van der Waals surface area (Å²) in [4.78, 5) is 17.8. The predicted octanol–water partition coefficient (Wildman–Crippen LogP) is 2.23. The molecular formula is C14H23N3OS. The quantitative estimate of drug-likeness (QED) is 0.889. The van der Waals surface area contributed by atoms with Crippen LogP contribution >= 0.6 is 11.3 Å². The summed E-state index contributed by atoms with van der Waals surface area (Å²) < 4.78 is 0. The van der Waals surface area contributed by atoms with Crippen molar-refractivity contribution in [3.8, 4) is 0 Å². The number of rotatable bonds is 4. The molecule has 0 radical (unpaired) electrons. The second-order valence-corrected chi connectivity index (χ2v) is 6.81. The highest BCUT2D eigenvalue weighted by Crippen LogP contribution is 2.30. The van der Waals surface area contributed by atoms with E-state index in [1.807, 2.05) is 6.20 Å². The maximum atomic E-state index is 12.3. The lowest BCUT2D eigenvalue weighted by molar-refractivity contribution is -0.128. The van der Waals surface area contributed by atoms with Gasteiger partial charge in [0.15, 0.2) is 0 Å². The van der Waals surface area contributed by atoms with Gasteiger partial charge in [-0.3, -0.25) is 4.79 Å². The number of aryl methyl sites for hydroxylation is 1. The Hall–Kier alpha value is -0.940. The van der Waals surface area contributed by atoms with Gasteiger partial charge in [0.2, 0.25) is 5.91 Å². The van der Waals surface area contributed by atoms with Crippen LogP contribution in [0.4, 0.5) is 0 Å². The van der Waals surface area contributed by atoms with Gasteiger partial charge in [-0.05, 0) is 25.2 Å². The van der Waals surface area contributed by atoms with Crippen molar-refractivity contribution >= 4 is 17.2 Å². The van der Waals surface area contributed by atoms with Crippen molar-refractivity contribution in [2.45, 2.75) is 58.0 Å². The SMILES string of the molecule is CCc1cnc(CNC(=O)C2(N)CCCC(C)C2)s1. The fourth-order valence-electron chi connectivity index (χ4n) is 2.72. The van der Waals surface area contributed by atoms with Gasteiger partial charge in [0.25, 0.3) is 0 Å². The maximum absolute atomic E-state index is 12.3. The van der Waals surface area contributed by atoms with Crippen molar-refractivity contribution < 1.29 is 4.79 Å². The number of nitrogens with zero attached hydrogens (tertiary/aromatic N) is 1. The van der Waals surface area contributed by atoms with E-state index in [-0.39, 0.29) is 5.91 Å². The molecule has 2 rings (SSSR count). The average molecular weight is 281 g/mol. The molecule has 4 nitrogen and oxygen atoms in total. The Bertz CT molecular complexity index is 446. The van der Waals surface area contributed by atoms with Gasteiger partial charge in [-0.25, -0.2) is 4.98 Å². The summed E-state index contributed by atoms with van der Waals surface area (Å²) >= 11 is 1.65. The number of nitrogens with two attached hydrogens (primary N) is 1. The molecule has 1 fully saturated rings. The third-order valence-electron chi connectivity index (χ3n) is 3.83. The largest absolute Gasteiger partial charge is 0.348 e. The molecule has 2 unspecified atom stereocenters. The van der Waals surface area contributed by atoms with Crippen LogP contribution in [0.25, 0.3) is 0 Å². The van der Waals surface area contributed by atoms with E-state index in [9.17, 15) is 4.79 Å². The van der Waals surface area contributed by atoms with Crippen LogP contribution in [-0.2, 0) is 17.8 Å². The molecule has 0 saturated heterocycles. The molecule has 3 N–H and O–H groups in total. The van der Waals surface area contributed by atoms with Gasteiger partial charge in [-0.1, -0.05) is 26.7 Å². The molecule has 1 aliphatic carbocycles. The van der Waals surface area contributed by atoms with E-state index < -0.39 is 5.54 Å². The number of thiazole rings is 1. The zero-order valence-electron chi connectivity index (χ0n) is 11.7. The molecule has 5 heteroatoms. The first kappa shape index (κ1) is 14.5. The fourth-order valence-corrected chi connectivity index (χ4v) is 3.53. The van der Waals surface area contributed by atoms with E-state index in [0.717, 1.165) is 30.7 Å². The summed E-state index contributed by atoms with van der Waals surface area (Å²) in [6.07, 6.45) is 6.68. The molecule has 1 aromatic heterocycles. The number of amides is 1. The van der Waals surface area contributed by atoms with E-state index in [0.29, 0.717) is 12.5 Å². The second kappa shape index (κ2) is 6.01. The Labute approximate surface area is 118 Å². The Morgan fingerprint density at radius 1 is 1.68 bits per heavy atom. The maximum Gasteiger partial charge on any atom is 0.240 e. The van der Waals surface area contributed by atoms with Gasteiger partial charge in [-0.2, -0.15) is 0 Å². The average Bonchev–Trinajstić information content (AvgIpc) is 2.83. The van der Waals surface area contributed by atoms with Crippen LogP contribution < -0.4 is 11.1 Å².